The number of rotatable bonds is 8. The molecule has 0 spiro atoms. The van der Waals surface area contributed by atoms with Crippen molar-refractivity contribution in [1.82, 2.24) is 10.2 Å². The van der Waals surface area contributed by atoms with Gasteiger partial charge in [0.2, 0.25) is 5.91 Å². The fourth-order valence-electron chi connectivity index (χ4n) is 3.56. The fourth-order valence-corrected chi connectivity index (χ4v) is 5.17. The van der Waals surface area contributed by atoms with Crippen LogP contribution >= 0.6 is 0 Å². The first-order chi connectivity index (χ1) is 15.4. The van der Waals surface area contributed by atoms with Crippen LogP contribution in [0.5, 0.6) is 0 Å². The average molecular weight is 452 g/mol. The van der Waals surface area contributed by atoms with Crippen molar-refractivity contribution < 1.29 is 27.2 Å². The van der Waals surface area contributed by atoms with E-state index in [2.05, 4.69) is 5.32 Å². The molecule has 0 radical (unpaired) electrons. The predicted molar refractivity (Wildman–Crippen MR) is 115 cm³/mol. The number of nitrogens with one attached hydrogen (secondary N) is 1. The first kappa shape index (κ1) is 21.5. The number of benzene rings is 2. The molecule has 8 nitrogen and oxygen atoms in total. The Hall–Kier alpha value is -3.72. The van der Waals surface area contributed by atoms with E-state index in [9.17, 15) is 22.8 Å². The van der Waals surface area contributed by atoms with E-state index < -0.39 is 32.8 Å². The maximum atomic E-state index is 13.1. The van der Waals surface area contributed by atoms with Crippen LogP contribution in [0.25, 0.3) is 0 Å². The molecule has 0 saturated heterocycles. The number of imide groups is 1. The van der Waals surface area contributed by atoms with E-state index in [4.69, 9.17) is 4.42 Å². The van der Waals surface area contributed by atoms with Gasteiger partial charge in [0.05, 0.1) is 22.3 Å². The van der Waals surface area contributed by atoms with Crippen LogP contribution in [-0.4, -0.2) is 44.1 Å². The van der Waals surface area contributed by atoms with Crippen LogP contribution in [0.3, 0.4) is 0 Å². The van der Waals surface area contributed by atoms with Crippen LogP contribution in [0, 0.1) is 0 Å². The molecule has 9 heteroatoms. The van der Waals surface area contributed by atoms with Gasteiger partial charge in [0, 0.05) is 19.5 Å². The molecule has 0 aliphatic carbocycles. The minimum atomic E-state index is -3.83. The summed E-state index contributed by atoms with van der Waals surface area (Å²) >= 11 is 0. The molecule has 1 atom stereocenters. The second-order valence-electron chi connectivity index (χ2n) is 7.22. The van der Waals surface area contributed by atoms with Gasteiger partial charge < -0.3 is 9.73 Å². The Morgan fingerprint density at radius 1 is 0.906 bits per heavy atom. The van der Waals surface area contributed by atoms with Crippen molar-refractivity contribution in [3.05, 3.63) is 89.9 Å². The number of amides is 3. The first-order valence-corrected chi connectivity index (χ1v) is 11.5. The molecule has 1 aromatic heterocycles. The summed E-state index contributed by atoms with van der Waals surface area (Å²) in [6.45, 7) is -0.319. The smallest absolute Gasteiger partial charge is 0.261 e. The minimum absolute atomic E-state index is 0.102. The van der Waals surface area contributed by atoms with Crippen LogP contribution in [0.1, 0.15) is 38.1 Å². The van der Waals surface area contributed by atoms with E-state index in [1.807, 2.05) is 0 Å². The van der Waals surface area contributed by atoms with Gasteiger partial charge in [-0.2, -0.15) is 0 Å². The van der Waals surface area contributed by atoms with Crippen molar-refractivity contribution in [2.45, 2.75) is 16.6 Å². The molecule has 3 aromatic rings. The molecule has 3 amide bonds. The van der Waals surface area contributed by atoms with Crippen LogP contribution < -0.4 is 5.32 Å². The number of nitrogens with zero attached hydrogens (tertiary/aromatic N) is 1. The summed E-state index contributed by atoms with van der Waals surface area (Å²) in [6.07, 6.45) is 1.22. The highest BCUT2D eigenvalue weighted by Crippen LogP contribution is 2.29. The molecule has 1 aliphatic heterocycles. The second-order valence-corrected chi connectivity index (χ2v) is 9.35. The molecule has 1 unspecified atom stereocenters. The molecular weight excluding hydrogens is 432 g/mol. The third-order valence-corrected chi connectivity index (χ3v) is 7.31. The Morgan fingerprint density at radius 2 is 1.53 bits per heavy atom. The van der Waals surface area contributed by atoms with Crippen molar-refractivity contribution in [2.75, 3.05) is 13.1 Å². The zero-order valence-electron chi connectivity index (χ0n) is 16.9. The van der Waals surface area contributed by atoms with E-state index >= 15 is 0 Å². The lowest BCUT2D eigenvalue weighted by atomic mass is 10.1. The van der Waals surface area contributed by atoms with Crippen molar-refractivity contribution in [1.29, 1.82) is 0 Å². The van der Waals surface area contributed by atoms with Gasteiger partial charge in [0.25, 0.3) is 11.8 Å². The average Bonchev–Trinajstić information content (AvgIpc) is 3.41. The Morgan fingerprint density at radius 3 is 2.12 bits per heavy atom. The summed E-state index contributed by atoms with van der Waals surface area (Å²) < 4.78 is 31.5. The summed E-state index contributed by atoms with van der Waals surface area (Å²) in [5.74, 6) is -1.17. The third kappa shape index (κ3) is 4.06. The number of carbonyl (C=O) groups excluding carboxylic acids is 3. The van der Waals surface area contributed by atoms with Crippen LogP contribution in [0.2, 0.25) is 0 Å². The highest BCUT2D eigenvalue weighted by atomic mass is 32.2. The van der Waals surface area contributed by atoms with E-state index in [1.165, 1.54) is 24.5 Å². The van der Waals surface area contributed by atoms with Crippen LogP contribution in [0.4, 0.5) is 0 Å². The van der Waals surface area contributed by atoms with E-state index in [0.29, 0.717) is 11.1 Å². The summed E-state index contributed by atoms with van der Waals surface area (Å²) in [6, 6.07) is 17.5. The van der Waals surface area contributed by atoms with Gasteiger partial charge in [-0.1, -0.05) is 30.3 Å². The van der Waals surface area contributed by atoms with Crippen molar-refractivity contribution in [3.63, 3.8) is 0 Å². The van der Waals surface area contributed by atoms with E-state index in [-0.39, 0.29) is 30.2 Å². The third-order valence-electron chi connectivity index (χ3n) is 5.23. The highest BCUT2D eigenvalue weighted by Gasteiger charge is 2.35. The van der Waals surface area contributed by atoms with Gasteiger partial charge in [0.1, 0.15) is 11.0 Å². The zero-order valence-corrected chi connectivity index (χ0v) is 17.7. The maximum Gasteiger partial charge on any atom is 0.261 e. The molecule has 0 saturated carbocycles. The van der Waals surface area contributed by atoms with E-state index in [1.54, 1.807) is 48.5 Å². The standard InChI is InChI=1S/C23H20N2O6S/c26-21(12-13-25-22(27)17-9-4-5-10-18(17)23(25)28)24-15-20(19-11-6-14-31-19)32(29,30)16-7-2-1-3-8-16/h1-11,14,20H,12-13,15H2,(H,24,26). The largest absolute Gasteiger partial charge is 0.468 e. The summed E-state index contributed by atoms with van der Waals surface area (Å²) in [5.41, 5.74) is 0.620. The number of sulfone groups is 1. The number of carbonyl (C=O) groups is 3. The van der Waals surface area contributed by atoms with E-state index in [0.717, 1.165) is 4.90 Å². The molecule has 0 fully saturated rings. The lowest BCUT2D eigenvalue weighted by Crippen LogP contribution is -2.36. The van der Waals surface area contributed by atoms with Gasteiger partial charge >= 0.3 is 0 Å². The highest BCUT2D eigenvalue weighted by molar-refractivity contribution is 7.91. The monoisotopic (exact) mass is 452 g/mol. The van der Waals surface area contributed by atoms with Gasteiger partial charge in [-0.3, -0.25) is 19.3 Å². The van der Waals surface area contributed by atoms with Crippen molar-refractivity contribution in [2.24, 2.45) is 0 Å². The quantitative estimate of drug-likeness (QED) is 0.526. The van der Waals surface area contributed by atoms with Gasteiger partial charge in [-0.15, -0.1) is 0 Å². The maximum absolute atomic E-state index is 13.1. The summed E-state index contributed by atoms with van der Waals surface area (Å²) in [4.78, 5) is 38.4. The molecule has 2 heterocycles. The van der Waals surface area contributed by atoms with Crippen LogP contribution in [0.15, 0.2) is 82.3 Å². The predicted octanol–water partition coefficient (Wildman–Crippen LogP) is 2.60. The lowest BCUT2D eigenvalue weighted by Gasteiger charge is -2.17. The Balaban J connectivity index is 1.42. The van der Waals surface area contributed by atoms with Crippen molar-refractivity contribution >= 4 is 27.6 Å². The molecule has 1 N–H and O–H groups in total. The normalized spacial score (nSPS) is 14.3. The second kappa shape index (κ2) is 8.80. The molecule has 32 heavy (non-hydrogen) atoms. The first-order valence-electron chi connectivity index (χ1n) is 9.94. The van der Waals surface area contributed by atoms with Crippen molar-refractivity contribution in [3.8, 4) is 0 Å². The van der Waals surface area contributed by atoms with Crippen LogP contribution in [-0.2, 0) is 14.6 Å². The summed E-state index contributed by atoms with van der Waals surface area (Å²) in [7, 11) is -3.83. The minimum Gasteiger partial charge on any atom is -0.468 e. The molecule has 0 bridgehead atoms. The zero-order chi connectivity index (χ0) is 22.7. The number of hydrogen-bond acceptors (Lipinski definition) is 6. The van der Waals surface area contributed by atoms with Gasteiger partial charge in [0.15, 0.2) is 9.84 Å². The number of hydrogen-bond donors (Lipinski definition) is 1. The molecule has 164 valence electrons. The SMILES string of the molecule is O=C(CCN1C(=O)c2ccccc2C1=O)NCC(c1ccco1)S(=O)(=O)c1ccccc1. The number of furan rings is 1. The summed E-state index contributed by atoms with van der Waals surface area (Å²) in [5, 5.41) is 1.47. The Labute approximate surface area is 184 Å². The molecule has 4 rings (SSSR count). The van der Waals surface area contributed by atoms with Gasteiger partial charge in [-0.25, -0.2) is 8.42 Å². The topological polar surface area (TPSA) is 114 Å². The lowest BCUT2D eigenvalue weighted by molar-refractivity contribution is -0.121. The molecule has 1 aliphatic rings. The van der Waals surface area contributed by atoms with Gasteiger partial charge in [-0.05, 0) is 36.4 Å². The number of fused-ring (bicyclic) bond motifs is 1. The molecule has 2 aromatic carbocycles. The Kier molecular flexibility index (Phi) is 5.91. The Bertz CT molecular complexity index is 1220. The molecular formula is C23H20N2O6S. The fraction of sp³-hybridized carbons (Fsp3) is 0.174.